The van der Waals surface area contributed by atoms with Gasteiger partial charge in [-0.3, -0.25) is 4.79 Å². The van der Waals surface area contributed by atoms with Crippen molar-refractivity contribution in [3.8, 4) is 5.82 Å². The van der Waals surface area contributed by atoms with Crippen molar-refractivity contribution < 1.29 is 30.8 Å². The minimum Gasteiger partial charge on any atom is -0.324 e. The van der Waals surface area contributed by atoms with Crippen molar-refractivity contribution in [2.75, 3.05) is 5.32 Å². The number of hydrogen-bond acceptors (Lipinski definition) is 5. The summed E-state index contributed by atoms with van der Waals surface area (Å²) in [6, 6.07) is 6.50. The number of benzene rings is 1. The van der Waals surface area contributed by atoms with E-state index in [-0.39, 0.29) is 17.7 Å². The molecule has 0 aliphatic carbocycles. The number of nitrogens with two attached hydrogens (primary N) is 1. The summed E-state index contributed by atoms with van der Waals surface area (Å²) in [7, 11) is -4.45. The number of nitrogens with zero attached hydrogens (tertiary/aromatic N) is 3. The molecule has 0 saturated heterocycles. The average Bonchev–Trinajstić information content (AvgIpc) is 3.13. The van der Waals surface area contributed by atoms with Crippen LogP contribution in [0.25, 0.3) is 5.82 Å². The third-order valence-corrected chi connectivity index (χ3v) is 4.77. The molecule has 158 valence electrons. The molecule has 0 bridgehead atoms. The number of aromatic nitrogens is 3. The Balaban J connectivity index is 1.91. The second-order valence-corrected chi connectivity index (χ2v) is 7.61. The highest BCUT2D eigenvalue weighted by Gasteiger charge is 2.33. The molecule has 2 heterocycles. The minimum atomic E-state index is -4.69. The van der Waals surface area contributed by atoms with Crippen LogP contribution in [0.5, 0.6) is 0 Å². The monoisotopic (exact) mass is 443 g/mol. The zero-order chi connectivity index (χ0) is 22.1. The van der Waals surface area contributed by atoms with Gasteiger partial charge in [-0.15, -0.1) is 0 Å². The molecule has 1 amide bonds. The van der Waals surface area contributed by atoms with Gasteiger partial charge in [0.1, 0.15) is 10.7 Å². The van der Waals surface area contributed by atoms with E-state index in [0.29, 0.717) is 17.1 Å². The van der Waals surface area contributed by atoms with Gasteiger partial charge in [-0.05, 0) is 17.7 Å². The van der Waals surface area contributed by atoms with E-state index < -0.39 is 44.2 Å². The fourth-order valence-corrected chi connectivity index (χ4v) is 3.18. The predicted octanol–water partition coefficient (Wildman–Crippen LogP) is 2.25. The molecule has 13 heteroatoms. The fourth-order valence-electron chi connectivity index (χ4n) is 2.49. The summed E-state index contributed by atoms with van der Waals surface area (Å²) < 4.78 is 76.4. The molecule has 3 aromatic rings. The number of sulfonamides is 1. The van der Waals surface area contributed by atoms with Gasteiger partial charge < -0.3 is 5.32 Å². The SMILES string of the molecule is NS(=O)(=O)c1cc(NC(=O)Cc2ccccc2F)cnc1-n1cc(C(F)(F)F)cn1. The third-order valence-electron chi connectivity index (χ3n) is 3.86. The van der Waals surface area contributed by atoms with Crippen LogP contribution in [0.3, 0.4) is 0 Å². The molecule has 0 fully saturated rings. The van der Waals surface area contributed by atoms with E-state index in [9.17, 15) is 30.8 Å². The van der Waals surface area contributed by atoms with Gasteiger partial charge in [-0.1, -0.05) is 18.2 Å². The zero-order valence-corrected chi connectivity index (χ0v) is 15.7. The van der Waals surface area contributed by atoms with Crippen LogP contribution < -0.4 is 10.5 Å². The standard InChI is InChI=1S/C17H13F4N5O3S/c18-13-4-2-1-3-10(13)5-15(27)25-12-6-14(30(22,28)29)16(23-8-12)26-9-11(7-24-26)17(19,20)21/h1-4,6-9H,5H2,(H,25,27)(H2,22,28,29). The first kappa shape index (κ1) is 21.4. The van der Waals surface area contributed by atoms with E-state index in [1.165, 1.54) is 18.2 Å². The van der Waals surface area contributed by atoms with Crippen LogP contribution in [0.1, 0.15) is 11.1 Å². The van der Waals surface area contributed by atoms with E-state index in [2.05, 4.69) is 15.4 Å². The van der Waals surface area contributed by atoms with Crippen molar-refractivity contribution in [3.63, 3.8) is 0 Å². The van der Waals surface area contributed by atoms with Crippen molar-refractivity contribution in [1.82, 2.24) is 14.8 Å². The van der Waals surface area contributed by atoms with Crippen LogP contribution in [0.2, 0.25) is 0 Å². The van der Waals surface area contributed by atoms with E-state index >= 15 is 0 Å². The van der Waals surface area contributed by atoms with Crippen LogP contribution in [-0.2, 0) is 27.4 Å². The summed E-state index contributed by atoms with van der Waals surface area (Å²) in [5.74, 6) is -1.75. The first-order valence-corrected chi connectivity index (χ1v) is 9.68. The molecule has 3 N–H and O–H groups in total. The van der Waals surface area contributed by atoms with Gasteiger partial charge in [0.2, 0.25) is 15.9 Å². The molecular formula is C17H13F4N5O3S. The molecule has 0 atom stereocenters. The number of rotatable bonds is 5. The number of nitrogens with one attached hydrogen (secondary N) is 1. The molecule has 3 rings (SSSR count). The molecule has 0 aliphatic rings. The molecule has 1 aromatic carbocycles. The Kier molecular flexibility index (Phi) is 5.59. The van der Waals surface area contributed by atoms with Crippen molar-refractivity contribution >= 4 is 21.6 Å². The second kappa shape index (κ2) is 7.84. The Morgan fingerprint density at radius 2 is 1.90 bits per heavy atom. The Hall–Kier alpha value is -3.32. The van der Waals surface area contributed by atoms with Crippen LogP contribution in [0.4, 0.5) is 23.2 Å². The maximum atomic E-state index is 13.7. The van der Waals surface area contributed by atoms with Crippen molar-refractivity contribution in [1.29, 1.82) is 0 Å². The van der Waals surface area contributed by atoms with Crippen LogP contribution in [-0.4, -0.2) is 29.1 Å². The quantitative estimate of drug-likeness (QED) is 0.586. The van der Waals surface area contributed by atoms with Gasteiger partial charge in [0.15, 0.2) is 5.82 Å². The fraction of sp³-hybridized carbons (Fsp3) is 0.118. The Labute approximate surface area is 167 Å². The minimum absolute atomic E-state index is 0.104. The predicted molar refractivity (Wildman–Crippen MR) is 96.5 cm³/mol. The summed E-state index contributed by atoms with van der Waals surface area (Å²) in [6.07, 6.45) is -2.97. The highest BCUT2D eigenvalue weighted by molar-refractivity contribution is 7.89. The molecule has 8 nitrogen and oxygen atoms in total. The van der Waals surface area contributed by atoms with E-state index in [0.717, 1.165) is 12.3 Å². The maximum absolute atomic E-state index is 13.7. The molecule has 0 spiro atoms. The highest BCUT2D eigenvalue weighted by Crippen LogP contribution is 2.30. The maximum Gasteiger partial charge on any atom is 0.419 e. The van der Waals surface area contributed by atoms with Crippen molar-refractivity contribution in [3.05, 3.63) is 65.9 Å². The number of anilines is 1. The summed E-state index contributed by atoms with van der Waals surface area (Å²) in [5.41, 5.74) is -1.11. The molecule has 0 unspecified atom stereocenters. The summed E-state index contributed by atoms with van der Waals surface area (Å²) in [6.45, 7) is 0. The van der Waals surface area contributed by atoms with E-state index in [1.54, 1.807) is 6.07 Å². The number of alkyl halides is 3. The molecule has 30 heavy (non-hydrogen) atoms. The summed E-state index contributed by atoms with van der Waals surface area (Å²) >= 11 is 0. The van der Waals surface area contributed by atoms with Gasteiger partial charge in [-0.25, -0.2) is 27.6 Å². The number of hydrogen-bond donors (Lipinski definition) is 2. The lowest BCUT2D eigenvalue weighted by Crippen LogP contribution is -2.19. The Morgan fingerprint density at radius 3 is 2.50 bits per heavy atom. The zero-order valence-electron chi connectivity index (χ0n) is 14.9. The van der Waals surface area contributed by atoms with Crippen LogP contribution in [0, 0.1) is 5.82 Å². The first-order chi connectivity index (χ1) is 13.9. The van der Waals surface area contributed by atoms with E-state index in [1.807, 2.05) is 0 Å². The lowest BCUT2D eigenvalue weighted by atomic mass is 10.1. The largest absolute Gasteiger partial charge is 0.419 e. The lowest BCUT2D eigenvalue weighted by Gasteiger charge is -2.11. The summed E-state index contributed by atoms with van der Waals surface area (Å²) in [4.78, 5) is 15.2. The number of pyridine rings is 1. The average molecular weight is 443 g/mol. The molecule has 0 saturated carbocycles. The summed E-state index contributed by atoms with van der Waals surface area (Å²) in [5, 5.41) is 10.9. The van der Waals surface area contributed by atoms with Crippen LogP contribution in [0.15, 0.2) is 53.8 Å². The number of primary sulfonamides is 1. The molecular weight excluding hydrogens is 430 g/mol. The van der Waals surface area contributed by atoms with Crippen molar-refractivity contribution in [2.45, 2.75) is 17.5 Å². The number of carbonyl (C=O) groups is 1. The topological polar surface area (TPSA) is 120 Å². The van der Waals surface area contributed by atoms with Crippen molar-refractivity contribution in [2.24, 2.45) is 5.14 Å². The second-order valence-electron chi connectivity index (χ2n) is 6.08. The van der Waals surface area contributed by atoms with Gasteiger partial charge in [0, 0.05) is 6.20 Å². The normalized spacial score (nSPS) is 12.0. The molecule has 0 aliphatic heterocycles. The Morgan fingerprint density at radius 1 is 1.20 bits per heavy atom. The van der Waals surface area contributed by atoms with Crippen LogP contribution >= 0.6 is 0 Å². The molecule has 0 radical (unpaired) electrons. The van der Waals surface area contributed by atoms with Gasteiger partial charge in [0.05, 0.1) is 30.1 Å². The van der Waals surface area contributed by atoms with E-state index in [4.69, 9.17) is 5.14 Å². The third kappa shape index (κ3) is 4.80. The number of halogens is 4. The first-order valence-electron chi connectivity index (χ1n) is 8.13. The Bertz CT molecular complexity index is 1210. The molecule has 2 aromatic heterocycles. The van der Waals surface area contributed by atoms with Gasteiger partial charge in [0.25, 0.3) is 0 Å². The highest BCUT2D eigenvalue weighted by atomic mass is 32.2. The number of carbonyl (C=O) groups excluding carboxylic acids is 1. The van der Waals surface area contributed by atoms with Gasteiger partial charge >= 0.3 is 6.18 Å². The number of amides is 1. The van der Waals surface area contributed by atoms with Gasteiger partial charge in [-0.2, -0.15) is 18.3 Å². The lowest BCUT2D eigenvalue weighted by molar-refractivity contribution is -0.137. The smallest absolute Gasteiger partial charge is 0.324 e.